The van der Waals surface area contributed by atoms with Crippen molar-refractivity contribution < 1.29 is 19.7 Å². The Morgan fingerprint density at radius 2 is 1.38 bits per heavy atom. The van der Waals surface area contributed by atoms with E-state index in [0.29, 0.717) is 21.5 Å². The molecule has 200 valence electrons. The fraction of sp³-hybridized carbons (Fsp3) is 0.417. The highest BCUT2D eigenvalue weighted by atomic mass is 79.9. The Morgan fingerprint density at radius 3 is 1.78 bits per heavy atom. The Labute approximate surface area is 232 Å². The summed E-state index contributed by atoms with van der Waals surface area (Å²) >= 11 is 14.1. The van der Waals surface area contributed by atoms with Crippen molar-refractivity contribution in [1.82, 2.24) is 18.3 Å². The van der Waals surface area contributed by atoms with Crippen molar-refractivity contribution in [1.29, 1.82) is 0 Å². The summed E-state index contributed by atoms with van der Waals surface area (Å²) in [4.78, 5) is 27.1. The van der Waals surface area contributed by atoms with E-state index in [-0.39, 0.29) is 26.8 Å². The fourth-order valence-corrected chi connectivity index (χ4v) is 4.90. The quantitative estimate of drug-likeness (QED) is 0.388. The molecule has 1 atom stereocenters. The molecule has 0 saturated carbocycles. The van der Waals surface area contributed by atoms with Crippen LogP contribution >= 0.6 is 40.4 Å². The van der Waals surface area contributed by atoms with Gasteiger partial charge in [-0.2, -0.15) is 0 Å². The molecule has 37 heavy (non-hydrogen) atoms. The number of halogens is 1. The molecule has 0 amide bonds. The topological polar surface area (TPSA) is 113 Å². The monoisotopic (exact) mass is 612 g/mol. The highest BCUT2D eigenvalue weighted by Crippen LogP contribution is 2.44. The van der Waals surface area contributed by atoms with E-state index in [1.165, 1.54) is 53.6 Å². The molecular formula is C24H29BrN4O6S2. The Balaban J connectivity index is 2.55. The lowest BCUT2D eigenvalue weighted by molar-refractivity contribution is 0.206. The molecule has 0 radical (unpaired) electrons. The van der Waals surface area contributed by atoms with Crippen LogP contribution in [0.4, 0.5) is 0 Å². The summed E-state index contributed by atoms with van der Waals surface area (Å²) < 4.78 is 17.2. The second kappa shape index (κ2) is 10.8. The maximum atomic E-state index is 13.5. The average Bonchev–Trinajstić information content (AvgIpc) is 2.88. The van der Waals surface area contributed by atoms with Gasteiger partial charge in [0.05, 0.1) is 34.7 Å². The third kappa shape index (κ3) is 4.87. The number of ether oxygens (including phenoxy) is 2. The van der Waals surface area contributed by atoms with Crippen LogP contribution in [0, 0.1) is 9.54 Å². The summed E-state index contributed by atoms with van der Waals surface area (Å²) in [5.74, 6) is -1.36. The number of benzene rings is 1. The molecule has 1 aromatic carbocycles. The number of rotatable bonds is 7. The molecule has 0 fully saturated rings. The van der Waals surface area contributed by atoms with E-state index in [9.17, 15) is 19.8 Å². The number of hydrogen-bond donors (Lipinski definition) is 2. The SMILES string of the molecule is CC[C@H](C)Oc1c(Br)cc(C(c2c(O)n(C)c(=S)n(C)c2=O)c2c(O)n(C)c(=S)n(C)c2=O)cc1OC. The van der Waals surface area contributed by atoms with Gasteiger partial charge < -0.3 is 19.7 Å². The average molecular weight is 614 g/mol. The Kier molecular flexibility index (Phi) is 8.40. The van der Waals surface area contributed by atoms with Gasteiger partial charge in [0.1, 0.15) is 0 Å². The first-order valence-corrected chi connectivity index (χ1v) is 12.9. The molecule has 0 aliphatic heterocycles. The second-order valence-electron chi connectivity index (χ2n) is 8.69. The Bertz CT molecular complexity index is 1540. The number of methoxy groups -OCH3 is 1. The van der Waals surface area contributed by atoms with Crippen molar-refractivity contribution in [3.63, 3.8) is 0 Å². The van der Waals surface area contributed by atoms with Crippen LogP contribution in [0.3, 0.4) is 0 Å². The van der Waals surface area contributed by atoms with Crippen molar-refractivity contribution in [2.45, 2.75) is 32.3 Å². The Morgan fingerprint density at radius 1 is 0.919 bits per heavy atom. The van der Waals surface area contributed by atoms with Crippen molar-refractivity contribution in [3.05, 3.63) is 63.5 Å². The molecule has 0 saturated heterocycles. The maximum absolute atomic E-state index is 13.5. The maximum Gasteiger partial charge on any atom is 0.262 e. The smallest absolute Gasteiger partial charge is 0.262 e. The number of aromatic hydroxyl groups is 2. The van der Waals surface area contributed by atoms with Crippen LogP contribution in [0.5, 0.6) is 23.3 Å². The van der Waals surface area contributed by atoms with Gasteiger partial charge in [0.15, 0.2) is 21.0 Å². The molecular weight excluding hydrogens is 584 g/mol. The van der Waals surface area contributed by atoms with Crippen LogP contribution in [0.15, 0.2) is 26.2 Å². The van der Waals surface area contributed by atoms with Gasteiger partial charge >= 0.3 is 0 Å². The summed E-state index contributed by atoms with van der Waals surface area (Å²) in [6.07, 6.45) is 0.638. The minimum Gasteiger partial charge on any atom is -0.494 e. The highest BCUT2D eigenvalue weighted by molar-refractivity contribution is 9.10. The van der Waals surface area contributed by atoms with Gasteiger partial charge in [0.25, 0.3) is 11.1 Å². The van der Waals surface area contributed by atoms with Gasteiger partial charge in [0.2, 0.25) is 11.8 Å². The molecule has 0 aliphatic carbocycles. The molecule has 10 nitrogen and oxygen atoms in total. The van der Waals surface area contributed by atoms with E-state index in [4.69, 9.17) is 33.9 Å². The van der Waals surface area contributed by atoms with Crippen LogP contribution in [0.2, 0.25) is 0 Å². The van der Waals surface area contributed by atoms with Gasteiger partial charge in [-0.3, -0.25) is 27.9 Å². The molecule has 0 bridgehead atoms. The van der Waals surface area contributed by atoms with Gasteiger partial charge in [0, 0.05) is 28.2 Å². The zero-order chi connectivity index (χ0) is 27.9. The van der Waals surface area contributed by atoms with E-state index >= 15 is 0 Å². The summed E-state index contributed by atoms with van der Waals surface area (Å²) in [7, 11) is 7.40. The third-order valence-electron chi connectivity index (χ3n) is 6.39. The summed E-state index contributed by atoms with van der Waals surface area (Å²) in [6, 6.07) is 3.26. The molecule has 2 heterocycles. The predicted octanol–water partition coefficient (Wildman–Crippen LogP) is 3.76. The molecule has 0 spiro atoms. The van der Waals surface area contributed by atoms with Crippen LogP contribution in [0.25, 0.3) is 0 Å². The zero-order valence-electron chi connectivity index (χ0n) is 21.5. The summed E-state index contributed by atoms with van der Waals surface area (Å²) in [5, 5.41) is 22.3. The third-order valence-corrected chi connectivity index (χ3v) is 8.08. The first kappa shape index (κ1) is 28.7. The van der Waals surface area contributed by atoms with Crippen molar-refractivity contribution in [3.8, 4) is 23.3 Å². The molecule has 0 aliphatic rings. The first-order chi connectivity index (χ1) is 17.3. The van der Waals surface area contributed by atoms with E-state index in [0.717, 1.165) is 6.42 Å². The number of nitrogens with zero attached hydrogens (tertiary/aromatic N) is 4. The molecule has 13 heteroatoms. The van der Waals surface area contributed by atoms with E-state index in [2.05, 4.69) is 15.9 Å². The first-order valence-electron chi connectivity index (χ1n) is 11.3. The van der Waals surface area contributed by atoms with Gasteiger partial charge in [-0.1, -0.05) is 6.92 Å². The number of aromatic nitrogens is 4. The molecule has 0 unspecified atom stereocenters. The van der Waals surface area contributed by atoms with Gasteiger partial charge in [-0.25, -0.2) is 0 Å². The minimum atomic E-state index is -1.23. The molecule has 2 aromatic heterocycles. The zero-order valence-corrected chi connectivity index (χ0v) is 24.7. The largest absolute Gasteiger partial charge is 0.494 e. The van der Waals surface area contributed by atoms with Crippen molar-refractivity contribution in [2.24, 2.45) is 28.2 Å². The van der Waals surface area contributed by atoms with E-state index < -0.39 is 28.8 Å². The van der Waals surface area contributed by atoms with E-state index in [1.807, 2.05) is 13.8 Å². The van der Waals surface area contributed by atoms with Gasteiger partial charge in [-0.05, 0) is 71.4 Å². The lowest BCUT2D eigenvalue weighted by Crippen LogP contribution is -2.33. The lowest BCUT2D eigenvalue weighted by Gasteiger charge is -2.25. The number of hydrogen-bond acceptors (Lipinski definition) is 8. The summed E-state index contributed by atoms with van der Waals surface area (Å²) in [6.45, 7) is 3.90. The van der Waals surface area contributed by atoms with E-state index in [1.54, 1.807) is 12.1 Å². The fourth-order valence-electron chi connectivity index (χ4n) is 4.01. The van der Waals surface area contributed by atoms with Crippen LogP contribution in [-0.4, -0.2) is 41.7 Å². The van der Waals surface area contributed by atoms with Crippen molar-refractivity contribution in [2.75, 3.05) is 7.11 Å². The normalized spacial score (nSPS) is 12.1. The van der Waals surface area contributed by atoms with Crippen LogP contribution in [0.1, 0.15) is 42.9 Å². The molecule has 2 N–H and O–H groups in total. The standard InChI is InChI=1S/C24H29BrN4O6S2/c1-8-11(2)35-18-13(25)9-12(10-14(18)34-7)15(16-19(30)26(3)23(36)27(4)20(16)31)17-21(32)28(5)24(37)29(6)22(17)33/h9-11,15,30,32H,8H2,1-7H3/t11-/m0/s1. The van der Waals surface area contributed by atoms with Crippen LogP contribution < -0.4 is 20.6 Å². The molecule has 3 aromatic rings. The second-order valence-corrected chi connectivity index (χ2v) is 10.3. The van der Waals surface area contributed by atoms with Gasteiger partial charge in [-0.15, -0.1) is 0 Å². The highest BCUT2D eigenvalue weighted by Gasteiger charge is 2.33. The summed E-state index contributed by atoms with van der Waals surface area (Å²) in [5.41, 5.74) is -1.21. The van der Waals surface area contributed by atoms with Crippen LogP contribution in [-0.2, 0) is 28.2 Å². The minimum absolute atomic E-state index is 0.0737. The van der Waals surface area contributed by atoms with Crippen molar-refractivity contribution >= 4 is 40.4 Å². The predicted molar refractivity (Wildman–Crippen MR) is 148 cm³/mol. The molecule has 3 rings (SSSR count). The lowest BCUT2D eigenvalue weighted by atomic mass is 9.86. The Hall–Kier alpha value is -2.90.